The van der Waals surface area contributed by atoms with Gasteiger partial charge in [0.05, 0.1) is 5.69 Å². The van der Waals surface area contributed by atoms with E-state index in [1.807, 2.05) is 6.26 Å². The topological polar surface area (TPSA) is 84.2 Å². The zero-order valence-electron chi connectivity index (χ0n) is 10.8. The van der Waals surface area contributed by atoms with E-state index in [9.17, 15) is 14.0 Å². The molecule has 110 valence electrons. The van der Waals surface area contributed by atoms with Crippen molar-refractivity contribution in [1.82, 2.24) is 5.32 Å². The second-order valence-electron chi connectivity index (χ2n) is 3.96. The van der Waals surface area contributed by atoms with Gasteiger partial charge in [0.15, 0.2) is 0 Å². The summed E-state index contributed by atoms with van der Waals surface area (Å²) in [5.41, 5.74) is 5.08. The largest absolute Gasteiger partial charge is 0.352 e. The van der Waals surface area contributed by atoms with Crippen molar-refractivity contribution < 1.29 is 14.0 Å². The summed E-state index contributed by atoms with van der Waals surface area (Å²) >= 11 is 4.66. The van der Waals surface area contributed by atoms with Gasteiger partial charge in [-0.05, 0) is 36.6 Å². The third-order valence-electron chi connectivity index (χ3n) is 2.43. The molecule has 1 rings (SSSR count). The Hall–Kier alpha value is -1.28. The molecule has 0 aliphatic heterocycles. The Bertz CT molecular complexity index is 502. The Labute approximate surface area is 129 Å². The monoisotopic (exact) mass is 363 g/mol. The Morgan fingerprint density at radius 1 is 1.50 bits per heavy atom. The summed E-state index contributed by atoms with van der Waals surface area (Å²) in [6.45, 7) is 0. The summed E-state index contributed by atoms with van der Waals surface area (Å²) in [7, 11) is 0. The molecule has 0 spiro atoms. The molecule has 4 N–H and O–H groups in total. The fraction of sp³-hybridized carbons (Fsp3) is 0.333. The lowest BCUT2D eigenvalue weighted by Crippen LogP contribution is -2.46. The number of carbonyl (C=O) groups is 2. The first-order valence-corrected chi connectivity index (χ1v) is 7.93. The van der Waals surface area contributed by atoms with E-state index in [0.29, 0.717) is 16.6 Å². The van der Waals surface area contributed by atoms with Crippen molar-refractivity contribution in [3.05, 3.63) is 28.5 Å². The fourth-order valence-electron chi connectivity index (χ4n) is 1.49. The number of carbonyl (C=O) groups excluding carboxylic acids is 2. The molecule has 0 aliphatic rings. The molecular formula is C12H15BrFN3O2S. The Morgan fingerprint density at radius 3 is 2.75 bits per heavy atom. The van der Waals surface area contributed by atoms with Crippen LogP contribution in [0.3, 0.4) is 0 Å². The van der Waals surface area contributed by atoms with Crippen molar-refractivity contribution in [2.45, 2.75) is 12.5 Å². The lowest BCUT2D eigenvalue weighted by atomic mass is 10.2. The quantitative estimate of drug-likeness (QED) is 0.724. The van der Waals surface area contributed by atoms with Gasteiger partial charge in [0.1, 0.15) is 11.9 Å². The van der Waals surface area contributed by atoms with Crippen molar-refractivity contribution in [2.24, 2.45) is 5.73 Å². The lowest BCUT2D eigenvalue weighted by Gasteiger charge is -2.17. The average Bonchev–Trinajstić information content (AvgIpc) is 2.37. The number of benzene rings is 1. The third kappa shape index (κ3) is 5.38. The van der Waals surface area contributed by atoms with Gasteiger partial charge in [-0.25, -0.2) is 9.18 Å². The SMILES string of the molecule is CSCC[C@@H](NC(N)=O)C(=O)Nc1ccc(Br)cc1F. The molecule has 0 aromatic heterocycles. The minimum atomic E-state index is -0.789. The normalized spacial score (nSPS) is 11.8. The van der Waals surface area contributed by atoms with Gasteiger partial charge in [-0.15, -0.1) is 0 Å². The lowest BCUT2D eigenvalue weighted by molar-refractivity contribution is -0.118. The highest BCUT2D eigenvalue weighted by molar-refractivity contribution is 9.10. The Kier molecular flexibility index (Phi) is 6.80. The van der Waals surface area contributed by atoms with Gasteiger partial charge >= 0.3 is 6.03 Å². The number of anilines is 1. The molecule has 3 amide bonds. The van der Waals surface area contributed by atoms with Crippen LogP contribution in [0.4, 0.5) is 14.9 Å². The maximum Gasteiger partial charge on any atom is 0.312 e. The first-order valence-electron chi connectivity index (χ1n) is 5.75. The maximum absolute atomic E-state index is 13.6. The average molecular weight is 364 g/mol. The second-order valence-corrected chi connectivity index (χ2v) is 5.86. The molecular weight excluding hydrogens is 349 g/mol. The maximum atomic E-state index is 13.6. The minimum Gasteiger partial charge on any atom is -0.352 e. The molecule has 1 aromatic carbocycles. The molecule has 0 bridgehead atoms. The highest BCUT2D eigenvalue weighted by Crippen LogP contribution is 2.19. The van der Waals surface area contributed by atoms with Crippen LogP contribution in [0.5, 0.6) is 0 Å². The van der Waals surface area contributed by atoms with Gasteiger partial charge in [0.25, 0.3) is 0 Å². The van der Waals surface area contributed by atoms with Crippen molar-refractivity contribution in [2.75, 3.05) is 17.3 Å². The van der Waals surface area contributed by atoms with Gasteiger partial charge in [-0.1, -0.05) is 15.9 Å². The predicted molar refractivity (Wildman–Crippen MR) is 82.2 cm³/mol. The van der Waals surface area contributed by atoms with Crippen LogP contribution >= 0.6 is 27.7 Å². The van der Waals surface area contributed by atoms with E-state index in [1.165, 1.54) is 23.9 Å². The minimum absolute atomic E-state index is 0.0543. The fourth-order valence-corrected chi connectivity index (χ4v) is 2.29. The molecule has 8 heteroatoms. The van der Waals surface area contributed by atoms with Crippen LogP contribution < -0.4 is 16.4 Å². The highest BCUT2D eigenvalue weighted by Gasteiger charge is 2.20. The van der Waals surface area contributed by atoms with Gasteiger partial charge in [0, 0.05) is 4.47 Å². The summed E-state index contributed by atoms with van der Waals surface area (Å²) in [4.78, 5) is 22.9. The van der Waals surface area contributed by atoms with Crippen LogP contribution in [0.1, 0.15) is 6.42 Å². The number of nitrogens with two attached hydrogens (primary N) is 1. The van der Waals surface area contributed by atoms with Crippen LogP contribution in [0.15, 0.2) is 22.7 Å². The predicted octanol–water partition coefficient (Wildman–Crippen LogP) is 2.32. The molecule has 0 fully saturated rings. The van der Waals surface area contributed by atoms with Crippen molar-refractivity contribution in [3.8, 4) is 0 Å². The molecule has 1 aromatic rings. The number of amides is 3. The number of urea groups is 1. The molecule has 0 saturated carbocycles. The molecule has 20 heavy (non-hydrogen) atoms. The van der Waals surface area contributed by atoms with Gasteiger partial charge < -0.3 is 16.4 Å². The van der Waals surface area contributed by atoms with E-state index in [4.69, 9.17) is 5.73 Å². The third-order valence-corrected chi connectivity index (χ3v) is 3.57. The van der Waals surface area contributed by atoms with E-state index in [2.05, 4.69) is 26.6 Å². The number of nitrogens with one attached hydrogen (secondary N) is 2. The first kappa shape index (κ1) is 16.8. The summed E-state index contributed by atoms with van der Waals surface area (Å²) in [6, 6.07) is 2.71. The van der Waals surface area contributed by atoms with E-state index < -0.39 is 23.8 Å². The molecule has 0 saturated heterocycles. The highest BCUT2D eigenvalue weighted by atomic mass is 79.9. The number of primary amides is 1. The molecule has 0 aliphatic carbocycles. The standard InChI is InChI=1S/C12H15BrFN3O2S/c1-20-5-4-10(17-12(15)19)11(18)16-9-3-2-7(13)6-8(9)14/h2-3,6,10H,4-5H2,1H3,(H,16,18)(H3,15,17,19)/t10-/m1/s1. The molecule has 0 unspecified atom stereocenters. The van der Waals surface area contributed by atoms with Crippen LogP contribution in [-0.2, 0) is 4.79 Å². The first-order chi connectivity index (χ1) is 9.43. The van der Waals surface area contributed by atoms with Crippen molar-refractivity contribution in [1.29, 1.82) is 0 Å². The van der Waals surface area contributed by atoms with Crippen molar-refractivity contribution >= 4 is 45.3 Å². The Balaban J connectivity index is 2.76. The zero-order chi connectivity index (χ0) is 15.1. The van der Waals surface area contributed by atoms with Crippen LogP contribution in [0.25, 0.3) is 0 Å². The van der Waals surface area contributed by atoms with Gasteiger partial charge in [-0.2, -0.15) is 11.8 Å². The van der Waals surface area contributed by atoms with Crippen LogP contribution in [-0.4, -0.2) is 30.0 Å². The van der Waals surface area contributed by atoms with E-state index in [1.54, 1.807) is 6.07 Å². The summed E-state index contributed by atoms with van der Waals surface area (Å²) < 4.78 is 14.2. The van der Waals surface area contributed by atoms with E-state index >= 15 is 0 Å². The summed E-state index contributed by atoms with van der Waals surface area (Å²) in [6.07, 6.45) is 2.29. The van der Waals surface area contributed by atoms with Crippen LogP contribution in [0, 0.1) is 5.82 Å². The Morgan fingerprint density at radius 2 is 2.20 bits per heavy atom. The second kappa shape index (κ2) is 8.11. The van der Waals surface area contributed by atoms with E-state index in [0.717, 1.165) is 0 Å². The molecule has 0 radical (unpaired) electrons. The summed E-state index contributed by atoms with van der Waals surface area (Å²) in [5, 5.41) is 4.78. The van der Waals surface area contributed by atoms with Gasteiger partial charge in [0.2, 0.25) is 5.91 Å². The molecule has 0 heterocycles. The number of rotatable bonds is 6. The molecule has 1 atom stereocenters. The molecule has 5 nitrogen and oxygen atoms in total. The summed E-state index contributed by atoms with van der Waals surface area (Å²) in [5.74, 6) is -0.393. The van der Waals surface area contributed by atoms with E-state index in [-0.39, 0.29) is 5.69 Å². The van der Waals surface area contributed by atoms with Crippen LogP contribution in [0.2, 0.25) is 0 Å². The number of hydrogen-bond donors (Lipinski definition) is 3. The zero-order valence-corrected chi connectivity index (χ0v) is 13.2. The number of thioether (sulfide) groups is 1. The number of halogens is 2. The smallest absolute Gasteiger partial charge is 0.312 e. The van der Waals surface area contributed by atoms with Crippen molar-refractivity contribution in [3.63, 3.8) is 0 Å². The number of hydrogen-bond acceptors (Lipinski definition) is 3. The van der Waals surface area contributed by atoms with Gasteiger partial charge in [-0.3, -0.25) is 4.79 Å².